The number of rotatable bonds is 4. The molecule has 2 unspecified atom stereocenters. The van der Waals surface area contributed by atoms with Crippen LogP contribution >= 0.6 is 0 Å². The summed E-state index contributed by atoms with van der Waals surface area (Å²) in [5.41, 5.74) is 0.0822. The molecule has 1 aliphatic heterocycles. The van der Waals surface area contributed by atoms with Crippen LogP contribution in [0.1, 0.15) is 24.8 Å². The quantitative estimate of drug-likeness (QED) is 0.895. The average Bonchev–Trinajstić information content (AvgIpc) is 3.12. The Bertz CT molecular complexity index is 815. The molecule has 1 heterocycles. The summed E-state index contributed by atoms with van der Waals surface area (Å²) in [4.78, 5) is 2.13. The van der Waals surface area contributed by atoms with Crippen molar-refractivity contribution in [3.05, 3.63) is 42.0 Å². The van der Waals surface area contributed by atoms with Crippen LogP contribution in [0.3, 0.4) is 0 Å². The first-order valence-electron chi connectivity index (χ1n) is 9.67. The van der Waals surface area contributed by atoms with Crippen LogP contribution in [0.15, 0.2) is 36.4 Å². The van der Waals surface area contributed by atoms with Crippen LogP contribution in [-0.2, 0) is 15.1 Å². The smallest absolute Gasteiger partial charge is 0.169 e. The zero-order valence-electron chi connectivity index (χ0n) is 16.4. The Kier molecular flexibility index (Phi) is 4.89. The van der Waals surface area contributed by atoms with Crippen molar-refractivity contribution in [3.8, 4) is 5.75 Å². The second kappa shape index (κ2) is 7.06. The predicted molar refractivity (Wildman–Crippen MR) is 105 cm³/mol. The summed E-state index contributed by atoms with van der Waals surface area (Å²) >= 11 is 0. The van der Waals surface area contributed by atoms with Gasteiger partial charge < -0.3 is 24.2 Å². The Morgan fingerprint density at radius 3 is 2.48 bits per heavy atom. The van der Waals surface area contributed by atoms with Crippen LogP contribution < -0.4 is 4.74 Å². The van der Waals surface area contributed by atoms with Gasteiger partial charge >= 0.3 is 0 Å². The molecule has 4 rings (SSSR count). The zero-order valence-corrected chi connectivity index (χ0v) is 16.4. The van der Waals surface area contributed by atoms with Gasteiger partial charge in [0.05, 0.1) is 25.9 Å². The number of methoxy groups -OCH3 is 1. The molecule has 1 spiro atoms. The van der Waals surface area contributed by atoms with E-state index in [1.54, 1.807) is 7.11 Å². The third-order valence-electron chi connectivity index (χ3n) is 6.07. The first kappa shape index (κ1) is 18.7. The molecule has 0 amide bonds. The summed E-state index contributed by atoms with van der Waals surface area (Å²) < 4.78 is 17.2. The van der Waals surface area contributed by atoms with Gasteiger partial charge in [0.25, 0.3) is 0 Å². The molecular weight excluding hydrogens is 342 g/mol. The minimum absolute atomic E-state index is 0.0371. The van der Waals surface area contributed by atoms with Crippen LogP contribution in [0.5, 0.6) is 5.75 Å². The third-order valence-corrected chi connectivity index (χ3v) is 6.07. The highest BCUT2D eigenvalue weighted by Gasteiger charge is 2.52. The van der Waals surface area contributed by atoms with E-state index in [0.29, 0.717) is 32.5 Å². The molecule has 1 saturated carbocycles. The van der Waals surface area contributed by atoms with Gasteiger partial charge in [-0.15, -0.1) is 0 Å². The molecule has 5 nitrogen and oxygen atoms in total. The largest absolute Gasteiger partial charge is 0.497 e. The van der Waals surface area contributed by atoms with Crippen LogP contribution in [0.4, 0.5) is 0 Å². The summed E-state index contributed by atoms with van der Waals surface area (Å²) in [7, 11) is 5.77. The number of fused-ring (bicyclic) bond motifs is 1. The van der Waals surface area contributed by atoms with Crippen molar-refractivity contribution < 1.29 is 19.3 Å². The maximum atomic E-state index is 11.8. The Morgan fingerprint density at radius 1 is 1.07 bits per heavy atom. The molecule has 146 valence electrons. The van der Waals surface area contributed by atoms with E-state index in [-0.39, 0.29) is 5.92 Å². The van der Waals surface area contributed by atoms with Gasteiger partial charge in [0.2, 0.25) is 0 Å². The topological polar surface area (TPSA) is 51.2 Å². The molecule has 0 aromatic heterocycles. The van der Waals surface area contributed by atoms with Crippen molar-refractivity contribution in [1.82, 2.24) is 4.90 Å². The Labute approximate surface area is 160 Å². The summed E-state index contributed by atoms with van der Waals surface area (Å²) in [5.74, 6) is 0.363. The molecule has 0 radical (unpaired) electrons. The number of nitrogens with zero attached hydrogens (tertiary/aromatic N) is 1. The van der Waals surface area contributed by atoms with Crippen molar-refractivity contribution in [2.24, 2.45) is 5.92 Å². The molecule has 5 heteroatoms. The van der Waals surface area contributed by atoms with Gasteiger partial charge in [-0.2, -0.15) is 0 Å². The van der Waals surface area contributed by atoms with E-state index in [2.05, 4.69) is 29.2 Å². The Balaban J connectivity index is 1.69. The number of aliphatic hydroxyl groups is 1. The van der Waals surface area contributed by atoms with Gasteiger partial charge in [0.15, 0.2) is 5.79 Å². The zero-order chi connectivity index (χ0) is 19.1. The molecule has 27 heavy (non-hydrogen) atoms. The van der Waals surface area contributed by atoms with Crippen LogP contribution in [0, 0.1) is 5.92 Å². The van der Waals surface area contributed by atoms with E-state index in [9.17, 15) is 5.11 Å². The van der Waals surface area contributed by atoms with Crippen LogP contribution in [0.2, 0.25) is 0 Å². The van der Waals surface area contributed by atoms with Crippen molar-refractivity contribution in [3.63, 3.8) is 0 Å². The van der Waals surface area contributed by atoms with Gasteiger partial charge in [-0.1, -0.05) is 18.2 Å². The first-order valence-corrected chi connectivity index (χ1v) is 9.67. The second-order valence-electron chi connectivity index (χ2n) is 8.12. The van der Waals surface area contributed by atoms with E-state index >= 15 is 0 Å². The highest BCUT2D eigenvalue weighted by atomic mass is 16.7. The molecular formula is C22H29NO4. The van der Waals surface area contributed by atoms with Crippen molar-refractivity contribution in [1.29, 1.82) is 0 Å². The van der Waals surface area contributed by atoms with Crippen LogP contribution in [-0.4, -0.2) is 56.8 Å². The number of hydrogen-bond acceptors (Lipinski definition) is 5. The minimum atomic E-state index is -0.890. The molecule has 1 saturated heterocycles. The summed E-state index contributed by atoms with van der Waals surface area (Å²) in [6.07, 6.45) is 2.06. The van der Waals surface area contributed by atoms with Gasteiger partial charge in [-0.05, 0) is 55.1 Å². The number of hydrogen-bond donors (Lipinski definition) is 1. The fourth-order valence-electron chi connectivity index (χ4n) is 4.65. The lowest BCUT2D eigenvalue weighted by Gasteiger charge is -2.47. The minimum Gasteiger partial charge on any atom is -0.497 e. The van der Waals surface area contributed by atoms with E-state index < -0.39 is 11.4 Å². The third kappa shape index (κ3) is 3.45. The van der Waals surface area contributed by atoms with Gasteiger partial charge in [0, 0.05) is 25.3 Å². The summed E-state index contributed by atoms with van der Waals surface area (Å²) in [5, 5.41) is 14.0. The summed E-state index contributed by atoms with van der Waals surface area (Å²) in [6.45, 7) is 2.07. The highest BCUT2D eigenvalue weighted by molar-refractivity contribution is 5.84. The monoisotopic (exact) mass is 371 g/mol. The lowest BCUT2D eigenvalue weighted by atomic mass is 9.69. The van der Waals surface area contributed by atoms with Gasteiger partial charge in [0.1, 0.15) is 5.75 Å². The lowest BCUT2D eigenvalue weighted by Crippen LogP contribution is -2.51. The standard InChI is InChI=1S/C22H29NO4/c1-23(2)15-19-14-21(26-10-11-27-21)8-9-22(19,24)18-6-4-17-13-20(25-3)7-5-16(17)12-18/h4-7,12-13,19,24H,8-11,14-15H2,1-3H3. The van der Waals surface area contributed by atoms with Gasteiger partial charge in [-0.3, -0.25) is 0 Å². The molecule has 1 aliphatic carbocycles. The summed E-state index contributed by atoms with van der Waals surface area (Å²) in [6, 6.07) is 12.3. The van der Waals surface area contributed by atoms with Crippen molar-refractivity contribution in [2.75, 3.05) is 41.0 Å². The SMILES string of the molecule is COc1ccc2cc(C3(O)CCC4(CC3CN(C)C)OCCO4)ccc2c1. The highest BCUT2D eigenvalue weighted by Crippen LogP contribution is 2.49. The molecule has 2 aliphatic rings. The predicted octanol–water partition coefficient (Wildman–Crippen LogP) is 3.14. The Morgan fingerprint density at radius 2 is 1.78 bits per heavy atom. The molecule has 1 N–H and O–H groups in total. The van der Waals surface area contributed by atoms with E-state index in [1.165, 1.54) is 0 Å². The van der Waals surface area contributed by atoms with Crippen LogP contribution in [0.25, 0.3) is 10.8 Å². The van der Waals surface area contributed by atoms with Crippen molar-refractivity contribution in [2.45, 2.75) is 30.7 Å². The molecule has 0 bridgehead atoms. The Hall–Kier alpha value is -1.66. The average molecular weight is 371 g/mol. The first-order chi connectivity index (χ1) is 12.9. The van der Waals surface area contributed by atoms with E-state index in [1.807, 2.05) is 26.2 Å². The second-order valence-corrected chi connectivity index (χ2v) is 8.12. The normalized spacial score (nSPS) is 27.5. The van der Waals surface area contributed by atoms with E-state index in [0.717, 1.165) is 28.6 Å². The fourth-order valence-corrected chi connectivity index (χ4v) is 4.65. The van der Waals surface area contributed by atoms with Gasteiger partial charge in [-0.25, -0.2) is 0 Å². The molecule has 2 atom stereocenters. The molecule has 2 aromatic carbocycles. The maximum absolute atomic E-state index is 11.8. The number of ether oxygens (including phenoxy) is 3. The molecule has 2 aromatic rings. The maximum Gasteiger partial charge on any atom is 0.169 e. The lowest BCUT2D eigenvalue weighted by molar-refractivity contribution is -0.226. The van der Waals surface area contributed by atoms with E-state index in [4.69, 9.17) is 14.2 Å². The fraction of sp³-hybridized carbons (Fsp3) is 0.545. The number of benzene rings is 2. The molecule has 2 fully saturated rings. The van der Waals surface area contributed by atoms with Crippen molar-refractivity contribution >= 4 is 10.8 Å².